The summed E-state index contributed by atoms with van der Waals surface area (Å²) in [6.45, 7) is 3.59. The average Bonchev–Trinajstić information content (AvgIpc) is 2.80. The van der Waals surface area contributed by atoms with Gasteiger partial charge in [-0.1, -0.05) is 18.2 Å². The molecule has 2 aliphatic heterocycles. The fraction of sp³-hybridized carbons (Fsp3) is 0.259. The van der Waals surface area contributed by atoms with Crippen LogP contribution in [0, 0.1) is 18.6 Å². The Bertz CT molecular complexity index is 1270. The summed E-state index contributed by atoms with van der Waals surface area (Å²) in [6, 6.07) is 14.0. The number of carbonyl (C=O) groups is 2. The lowest BCUT2D eigenvalue weighted by Gasteiger charge is -2.41. The van der Waals surface area contributed by atoms with Gasteiger partial charge in [0.15, 0.2) is 5.78 Å². The van der Waals surface area contributed by atoms with Crippen molar-refractivity contribution in [3.63, 3.8) is 0 Å². The zero-order valence-electron chi connectivity index (χ0n) is 19.1. The first-order chi connectivity index (χ1) is 16.3. The number of amides is 1. The number of hydrogen-bond acceptors (Lipinski definition) is 4. The molecule has 0 bridgehead atoms. The Morgan fingerprint density at radius 2 is 1.66 bits per heavy atom. The summed E-state index contributed by atoms with van der Waals surface area (Å²) in [5, 5.41) is 5.85. The van der Waals surface area contributed by atoms with E-state index in [1.807, 2.05) is 31.2 Å². The number of piperidine rings is 1. The van der Waals surface area contributed by atoms with E-state index in [4.69, 9.17) is 4.74 Å². The standard InChI is InChI=1S/C27H24F2N2O3.ClH/c1-16-13-20-23(32)15-27(9-11-30-12-10-27)34-24(20)14-19(16)17-5-7-18(8-6-17)31-26(33)25-21(28)3-2-4-22(25)29;/h2-8,13-14,30H,9-12,15H2,1H3,(H,31,33);1H. The summed E-state index contributed by atoms with van der Waals surface area (Å²) < 4.78 is 34.2. The first-order valence-corrected chi connectivity index (χ1v) is 11.3. The topological polar surface area (TPSA) is 67.4 Å². The molecule has 1 spiro atoms. The zero-order valence-corrected chi connectivity index (χ0v) is 19.9. The molecular weight excluding hydrogens is 474 g/mol. The predicted octanol–water partition coefficient (Wildman–Crippen LogP) is 5.70. The van der Waals surface area contributed by atoms with Gasteiger partial charge in [-0.05, 0) is 73.1 Å². The number of nitrogens with one attached hydrogen (secondary N) is 2. The molecule has 35 heavy (non-hydrogen) atoms. The molecule has 1 fully saturated rings. The van der Waals surface area contributed by atoms with Crippen LogP contribution in [0.5, 0.6) is 5.75 Å². The third-order valence-electron chi connectivity index (χ3n) is 6.59. The first-order valence-electron chi connectivity index (χ1n) is 11.3. The minimum atomic E-state index is -0.917. The van der Waals surface area contributed by atoms with Crippen LogP contribution in [0.15, 0.2) is 54.6 Å². The number of anilines is 1. The molecule has 0 aliphatic carbocycles. The van der Waals surface area contributed by atoms with Gasteiger partial charge < -0.3 is 15.4 Å². The Kier molecular flexibility index (Phi) is 6.92. The van der Waals surface area contributed by atoms with Gasteiger partial charge in [-0.2, -0.15) is 0 Å². The third kappa shape index (κ3) is 4.79. The highest BCUT2D eigenvalue weighted by molar-refractivity contribution is 6.05. The number of Topliss-reactive ketones (excluding diaryl/α,β-unsaturated/α-hetero) is 1. The van der Waals surface area contributed by atoms with E-state index in [0.717, 1.165) is 54.8 Å². The Morgan fingerprint density at radius 1 is 1.00 bits per heavy atom. The number of rotatable bonds is 3. The summed E-state index contributed by atoms with van der Waals surface area (Å²) in [5.74, 6) is -1.98. The monoisotopic (exact) mass is 498 g/mol. The van der Waals surface area contributed by atoms with Gasteiger partial charge in [0.05, 0.1) is 12.0 Å². The van der Waals surface area contributed by atoms with E-state index in [9.17, 15) is 18.4 Å². The van der Waals surface area contributed by atoms with Crippen LogP contribution in [0.25, 0.3) is 11.1 Å². The number of benzene rings is 3. The van der Waals surface area contributed by atoms with Crippen LogP contribution in [0.1, 0.15) is 45.5 Å². The second-order valence-corrected chi connectivity index (χ2v) is 8.93. The van der Waals surface area contributed by atoms with Gasteiger partial charge in [-0.3, -0.25) is 9.59 Å². The van der Waals surface area contributed by atoms with Crippen molar-refractivity contribution < 1.29 is 23.1 Å². The maximum Gasteiger partial charge on any atom is 0.261 e. The van der Waals surface area contributed by atoms with Gasteiger partial charge in [0, 0.05) is 18.5 Å². The molecule has 1 saturated heterocycles. The number of ketones is 1. The minimum Gasteiger partial charge on any atom is -0.486 e. The molecular formula is C27H25ClF2N2O3. The van der Waals surface area contributed by atoms with Crippen LogP contribution in [-0.2, 0) is 0 Å². The molecule has 2 N–H and O–H groups in total. The van der Waals surface area contributed by atoms with E-state index in [-0.39, 0.29) is 18.2 Å². The lowest BCUT2D eigenvalue weighted by molar-refractivity contribution is 0.0187. The normalized spacial score (nSPS) is 16.1. The van der Waals surface area contributed by atoms with E-state index < -0.39 is 28.7 Å². The van der Waals surface area contributed by atoms with E-state index in [1.54, 1.807) is 12.1 Å². The van der Waals surface area contributed by atoms with Crippen LogP contribution < -0.4 is 15.4 Å². The fourth-order valence-corrected chi connectivity index (χ4v) is 4.76. The first kappa shape index (κ1) is 24.8. The second kappa shape index (κ2) is 9.76. The van der Waals surface area contributed by atoms with Gasteiger partial charge in [0.25, 0.3) is 5.91 Å². The molecule has 3 aromatic rings. The largest absolute Gasteiger partial charge is 0.486 e. The Labute approximate surface area is 208 Å². The molecule has 0 saturated carbocycles. The number of ether oxygens (including phenoxy) is 1. The van der Waals surface area contributed by atoms with Gasteiger partial charge >= 0.3 is 0 Å². The number of halogens is 3. The van der Waals surface area contributed by atoms with Crippen LogP contribution in [0.3, 0.4) is 0 Å². The van der Waals surface area contributed by atoms with Crippen molar-refractivity contribution in [1.82, 2.24) is 5.32 Å². The molecule has 0 aromatic heterocycles. The van der Waals surface area contributed by atoms with Gasteiger partial charge in [0.2, 0.25) is 0 Å². The van der Waals surface area contributed by atoms with E-state index in [1.165, 1.54) is 6.07 Å². The Hall–Kier alpha value is -3.29. The molecule has 5 rings (SSSR count). The highest BCUT2D eigenvalue weighted by Crippen LogP contribution is 2.41. The van der Waals surface area contributed by atoms with Crippen LogP contribution in [0.4, 0.5) is 14.5 Å². The molecule has 8 heteroatoms. The van der Waals surface area contributed by atoms with E-state index in [2.05, 4.69) is 10.6 Å². The van der Waals surface area contributed by atoms with Crippen molar-refractivity contribution in [2.45, 2.75) is 31.8 Å². The van der Waals surface area contributed by atoms with Crippen molar-refractivity contribution in [3.8, 4) is 16.9 Å². The highest BCUT2D eigenvalue weighted by atomic mass is 35.5. The smallest absolute Gasteiger partial charge is 0.261 e. The van der Waals surface area contributed by atoms with Crippen molar-refractivity contribution >= 4 is 29.8 Å². The fourth-order valence-electron chi connectivity index (χ4n) is 4.76. The Morgan fingerprint density at radius 3 is 2.31 bits per heavy atom. The summed E-state index contributed by atoms with van der Waals surface area (Å²) in [4.78, 5) is 25.2. The number of hydrogen-bond donors (Lipinski definition) is 2. The molecule has 3 aromatic carbocycles. The predicted molar refractivity (Wildman–Crippen MR) is 133 cm³/mol. The Balaban J connectivity index is 0.00000289. The maximum absolute atomic E-state index is 13.9. The van der Waals surface area contributed by atoms with Crippen LogP contribution in [0.2, 0.25) is 0 Å². The van der Waals surface area contributed by atoms with Crippen molar-refractivity contribution in [1.29, 1.82) is 0 Å². The van der Waals surface area contributed by atoms with Gasteiger partial charge in [-0.25, -0.2) is 8.78 Å². The van der Waals surface area contributed by atoms with Crippen molar-refractivity contribution in [2.24, 2.45) is 0 Å². The third-order valence-corrected chi connectivity index (χ3v) is 6.59. The maximum atomic E-state index is 13.9. The molecule has 2 aliphatic rings. The molecule has 0 unspecified atom stereocenters. The molecule has 0 radical (unpaired) electrons. The van der Waals surface area contributed by atoms with E-state index >= 15 is 0 Å². The SMILES string of the molecule is Cc1cc2c(cc1-c1ccc(NC(=O)c3c(F)cccc3F)cc1)OC1(CCNCC1)CC2=O.Cl. The summed E-state index contributed by atoms with van der Waals surface area (Å²) in [5.41, 5.74) is 2.67. The number of aryl methyl sites for hydroxylation is 1. The molecule has 5 nitrogen and oxygen atoms in total. The van der Waals surface area contributed by atoms with Gasteiger partial charge in [0.1, 0.15) is 28.5 Å². The lowest BCUT2D eigenvalue weighted by atomic mass is 9.82. The summed E-state index contributed by atoms with van der Waals surface area (Å²) in [6.07, 6.45) is 1.98. The zero-order chi connectivity index (χ0) is 23.9. The van der Waals surface area contributed by atoms with Crippen LogP contribution in [-0.4, -0.2) is 30.4 Å². The lowest BCUT2D eigenvalue weighted by Crippen LogP contribution is -2.49. The van der Waals surface area contributed by atoms with Crippen molar-refractivity contribution in [2.75, 3.05) is 18.4 Å². The highest BCUT2D eigenvalue weighted by Gasteiger charge is 2.41. The number of fused-ring (bicyclic) bond motifs is 1. The van der Waals surface area contributed by atoms with E-state index in [0.29, 0.717) is 23.4 Å². The molecule has 182 valence electrons. The molecule has 1 amide bonds. The van der Waals surface area contributed by atoms with Gasteiger partial charge in [-0.15, -0.1) is 12.4 Å². The molecule has 2 heterocycles. The van der Waals surface area contributed by atoms with Crippen molar-refractivity contribution in [3.05, 3.63) is 82.9 Å². The van der Waals surface area contributed by atoms with Crippen LogP contribution >= 0.6 is 12.4 Å². The summed E-state index contributed by atoms with van der Waals surface area (Å²) >= 11 is 0. The number of carbonyl (C=O) groups excluding carboxylic acids is 2. The quantitative estimate of drug-likeness (QED) is 0.486. The average molecular weight is 499 g/mol. The molecule has 0 atom stereocenters. The second-order valence-electron chi connectivity index (χ2n) is 8.93. The summed E-state index contributed by atoms with van der Waals surface area (Å²) in [7, 11) is 0. The minimum absolute atomic E-state index is 0.